The summed E-state index contributed by atoms with van der Waals surface area (Å²) >= 11 is 0. The van der Waals surface area contributed by atoms with Gasteiger partial charge in [0.2, 0.25) is 15.9 Å². The van der Waals surface area contributed by atoms with Gasteiger partial charge in [0, 0.05) is 5.56 Å². The van der Waals surface area contributed by atoms with Crippen molar-refractivity contribution in [2.75, 3.05) is 11.5 Å². The average Bonchev–Trinajstić information content (AvgIpc) is 3.13. The Kier molecular flexibility index (Phi) is 4.26. The third kappa shape index (κ3) is 3.80. The van der Waals surface area contributed by atoms with Crippen molar-refractivity contribution < 1.29 is 21.3 Å². The highest BCUT2D eigenvalue weighted by molar-refractivity contribution is 7.95. The second-order valence-electron chi connectivity index (χ2n) is 5.40. The predicted octanol–water partition coefficient (Wildman–Crippen LogP) is 0.948. The Labute approximate surface area is 134 Å². The summed E-state index contributed by atoms with van der Waals surface area (Å²) in [6, 6.07) is 9.24. The number of hydrogen-bond donors (Lipinski definition) is 1. The Morgan fingerprint density at radius 2 is 2.00 bits per heavy atom. The lowest BCUT2D eigenvalue weighted by Crippen LogP contribution is -2.34. The number of hydrogen-bond acceptors (Lipinski definition) is 6. The number of oxazole rings is 1. The molecule has 1 fully saturated rings. The number of nitrogens with zero attached hydrogens (tertiary/aromatic N) is 1. The van der Waals surface area contributed by atoms with Gasteiger partial charge in [-0.05, 0) is 18.6 Å². The third-order valence-electron chi connectivity index (χ3n) is 3.66. The van der Waals surface area contributed by atoms with Gasteiger partial charge in [0.15, 0.2) is 9.84 Å². The normalized spacial score (nSPS) is 20.6. The van der Waals surface area contributed by atoms with E-state index in [4.69, 9.17) is 4.42 Å². The molecule has 0 spiro atoms. The molecule has 0 bridgehead atoms. The van der Waals surface area contributed by atoms with Crippen LogP contribution in [-0.4, -0.2) is 38.6 Å². The number of rotatable bonds is 5. The van der Waals surface area contributed by atoms with Crippen LogP contribution >= 0.6 is 0 Å². The van der Waals surface area contributed by atoms with Crippen molar-refractivity contribution in [1.82, 2.24) is 9.71 Å². The number of nitrogens with one attached hydrogen (secondary N) is 1. The highest BCUT2D eigenvalue weighted by Crippen LogP contribution is 2.20. The molecular formula is C14H16N2O5S2. The van der Waals surface area contributed by atoms with Crippen LogP contribution in [0.2, 0.25) is 0 Å². The van der Waals surface area contributed by atoms with Crippen LogP contribution in [0, 0.1) is 0 Å². The summed E-state index contributed by atoms with van der Waals surface area (Å²) in [6.45, 7) is -0.0325. The lowest BCUT2D eigenvalue weighted by molar-refractivity contribution is 0.563. The minimum absolute atomic E-state index is 0.0325. The molecule has 0 saturated carbocycles. The molecule has 9 heteroatoms. The van der Waals surface area contributed by atoms with E-state index in [0.717, 1.165) is 5.56 Å². The van der Waals surface area contributed by atoms with E-state index in [1.54, 1.807) is 0 Å². The average molecular weight is 356 g/mol. The molecule has 1 aromatic carbocycles. The summed E-state index contributed by atoms with van der Waals surface area (Å²) in [5, 5.41) is -0.895. The van der Waals surface area contributed by atoms with Gasteiger partial charge >= 0.3 is 0 Å². The quantitative estimate of drug-likeness (QED) is 0.855. The zero-order chi connectivity index (χ0) is 16.5. The van der Waals surface area contributed by atoms with Gasteiger partial charge in [-0.15, -0.1) is 0 Å². The van der Waals surface area contributed by atoms with E-state index in [9.17, 15) is 16.8 Å². The molecule has 1 aliphatic heterocycles. The van der Waals surface area contributed by atoms with Crippen LogP contribution in [0.25, 0.3) is 11.5 Å². The van der Waals surface area contributed by atoms with E-state index < -0.39 is 25.1 Å². The highest BCUT2D eigenvalue weighted by Gasteiger charge is 2.36. The predicted molar refractivity (Wildman–Crippen MR) is 84.8 cm³/mol. The molecule has 0 radical (unpaired) electrons. The Morgan fingerprint density at radius 3 is 2.65 bits per heavy atom. The standard InChI is InChI=1S/C14H16N2O5S2/c17-22(18)7-6-13(10-22)23(19,20)15-8-12-9-21-14(16-12)11-4-2-1-3-5-11/h1-5,9,13,15H,6-8,10H2/t13-/m0/s1. The van der Waals surface area contributed by atoms with Crippen molar-refractivity contribution in [3.63, 3.8) is 0 Å². The highest BCUT2D eigenvalue weighted by atomic mass is 32.2. The van der Waals surface area contributed by atoms with Crippen LogP contribution in [0.4, 0.5) is 0 Å². The minimum atomic E-state index is -3.70. The van der Waals surface area contributed by atoms with Gasteiger partial charge in [-0.2, -0.15) is 0 Å². The molecule has 124 valence electrons. The molecule has 1 N–H and O–H groups in total. The summed E-state index contributed by atoms with van der Waals surface area (Å²) in [5.74, 6) is 0.000131. The Hall–Kier alpha value is -1.71. The van der Waals surface area contributed by atoms with Crippen LogP contribution in [0.1, 0.15) is 12.1 Å². The molecule has 0 unspecified atom stereocenters. The first-order valence-corrected chi connectivity index (χ1v) is 10.4. The Morgan fingerprint density at radius 1 is 1.26 bits per heavy atom. The van der Waals surface area contributed by atoms with E-state index >= 15 is 0 Å². The molecule has 1 aromatic heterocycles. The summed E-state index contributed by atoms with van der Waals surface area (Å²) in [6.07, 6.45) is 1.52. The van der Waals surface area contributed by atoms with Crippen molar-refractivity contribution in [3.8, 4) is 11.5 Å². The first-order valence-electron chi connectivity index (χ1n) is 7.04. The van der Waals surface area contributed by atoms with Gasteiger partial charge < -0.3 is 4.42 Å². The van der Waals surface area contributed by atoms with Gasteiger partial charge in [0.25, 0.3) is 0 Å². The van der Waals surface area contributed by atoms with Crippen molar-refractivity contribution in [3.05, 3.63) is 42.3 Å². The lowest BCUT2D eigenvalue weighted by Gasteiger charge is -2.09. The van der Waals surface area contributed by atoms with Gasteiger partial charge in [-0.1, -0.05) is 18.2 Å². The Bertz CT molecular complexity index is 888. The molecule has 3 rings (SSSR count). The SMILES string of the molecule is O=S1(=O)CC[C@H](S(=O)(=O)NCc2coc(-c3ccccc3)n2)C1. The van der Waals surface area contributed by atoms with Crippen molar-refractivity contribution in [2.24, 2.45) is 0 Å². The molecule has 2 heterocycles. The van der Waals surface area contributed by atoms with Gasteiger partial charge in [-0.25, -0.2) is 26.5 Å². The maximum absolute atomic E-state index is 12.1. The first-order chi connectivity index (χ1) is 10.9. The fourth-order valence-electron chi connectivity index (χ4n) is 2.40. The van der Waals surface area contributed by atoms with Gasteiger partial charge in [0.05, 0.1) is 29.0 Å². The fraction of sp³-hybridized carbons (Fsp3) is 0.357. The fourth-order valence-corrected chi connectivity index (χ4v) is 6.44. The molecular weight excluding hydrogens is 340 g/mol. The number of sulfone groups is 1. The maximum Gasteiger partial charge on any atom is 0.226 e. The van der Waals surface area contributed by atoms with E-state index in [-0.39, 0.29) is 24.5 Å². The zero-order valence-electron chi connectivity index (χ0n) is 12.2. The minimum Gasteiger partial charge on any atom is -0.444 e. The monoisotopic (exact) mass is 356 g/mol. The number of benzene rings is 1. The van der Waals surface area contributed by atoms with Crippen molar-refractivity contribution in [2.45, 2.75) is 18.2 Å². The molecule has 0 aliphatic carbocycles. The first kappa shape index (κ1) is 16.2. The van der Waals surface area contributed by atoms with Crippen LogP contribution in [-0.2, 0) is 26.4 Å². The third-order valence-corrected chi connectivity index (χ3v) is 7.46. The largest absolute Gasteiger partial charge is 0.444 e. The molecule has 2 aromatic rings. The molecule has 1 aliphatic rings. The van der Waals surface area contributed by atoms with Crippen LogP contribution in [0.3, 0.4) is 0 Å². The summed E-state index contributed by atoms with van der Waals surface area (Å²) < 4.78 is 54.8. The van der Waals surface area contributed by atoms with Crippen molar-refractivity contribution in [1.29, 1.82) is 0 Å². The zero-order valence-corrected chi connectivity index (χ0v) is 13.8. The maximum atomic E-state index is 12.1. The summed E-state index contributed by atoms with van der Waals surface area (Å²) in [5.41, 5.74) is 1.23. The van der Waals surface area contributed by atoms with E-state index in [1.165, 1.54) is 6.26 Å². The van der Waals surface area contributed by atoms with E-state index in [2.05, 4.69) is 9.71 Å². The number of aromatic nitrogens is 1. The molecule has 23 heavy (non-hydrogen) atoms. The van der Waals surface area contributed by atoms with E-state index in [1.807, 2.05) is 30.3 Å². The summed E-state index contributed by atoms with van der Waals surface area (Å²) in [7, 11) is -6.94. The van der Waals surface area contributed by atoms with Crippen LogP contribution < -0.4 is 4.72 Å². The second kappa shape index (κ2) is 6.06. The molecule has 0 amide bonds. The lowest BCUT2D eigenvalue weighted by atomic mass is 10.2. The molecule has 7 nitrogen and oxygen atoms in total. The van der Waals surface area contributed by atoms with Gasteiger partial charge in [0.1, 0.15) is 6.26 Å². The van der Waals surface area contributed by atoms with Crippen molar-refractivity contribution >= 4 is 19.9 Å². The molecule has 1 saturated heterocycles. The van der Waals surface area contributed by atoms with Crippen LogP contribution in [0.5, 0.6) is 0 Å². The topological polar surface area (TPSA) is 106 Å². The van der Waals surface area contributed by atoms with Gasteiger partial charge in [-0.3, -0.25) is 0 Å². The Balaban J connectivity index is 1.66. The molecule has 1 atom stereocenters. The number of sulfonamides is 1. The summed E-state index contributed by atoms with van der Waals surface area (Å²) in [4.78, 5) is 4.23. The van der Waals surface area contributed by atoms with Crippen LogP contribution in [0.15, 0.2) is 41.0 Å². The van der Waals surface area contributed by atoms with E-state index in [0.29, 0.717) is 11.6 Å². The smallest absolute Gasteiger partial charge is 0.226 e. The second-order valence-corrected chi connectivity index (χ2v) is 9.68.